The number of fused-ring (bicyclic) bond motifs is 1. The Kier molecular flexibility index (Phi) is 5.95. The van der Waals surface area contributed by atoms with Gasteiger partial charge in [0, 0.05) is 12.2 Å². The maximum atomic E-state index is 12.8. The molecule has 0 saturated heterocycles. The summed E-state index contributed by atoms with van der Waals surface area (Å²) in [5.74, 6) is 0. The van der Waals surface area contributed by atoms with Gasteiger partial charge in [0.05, 0.1) is 15.9 Å². The first-order valence-corrected chi connectivity index (χ1v) is 12.0. The summed E-state index contributed by atoms with van der Waals surface area (Å²) in [4.78, 5) is 16.2. The lowest BCUT2D eigenvalue weighted by Gasteiger charge is -2.19. The van der Waals surface area contributed by atoms with Gasteiger partial charge in [-0.25, -0.2) is 22.5 Å². The van der Waals surface area contributed by atoms with Gasteiger partial charge in [-0.1, -0.05) is 29.8 Å². The van der Waals surface area contributed by atoms with Crippen LogP contribution in [-0.2, 0) is 16.4 Å². The van der Waals surface area contributed by atoms with Gasteiger partial charge >= 0.3 is 6.09 Å². The van der Waals surface area contributed by atoms with Crippen LogP contribution in [0.4, 0.5) is 4.79 Å². The number of aryl methyl sites for hydroxylation is 3. The van der Waals surface area contributed by atoms with E-state index in [1.165, 1.54) is 23.3 Å². The highest BCUT2D eigenvalue weighted by Crippen LogP contribution is 2.23. The van der Waals surface area contributed by atoms with Crippen LogP contribution in [0.15, 0.2) is 71.9 Å². The summed E-state index contributed by atoms with van der Waals surface area (Å²) in [5, 5.41) is 9.55. The number of sulfonamides is 1. The molecule has 1 N–H and O–H groups in total. The Bertz CT molecular complexity index is 1420. The number of benzene rings is 3. The number of carbonyl (C=O) groups is 1. The van der Waals surface area contributed by atoms with E-state index in [2.05, 4.69) is 31.0 Å². The van der Waals surface area contributed by atoms with Gasteiger partial charge in [-0.3, -0.25) is 4.57 Å². The molecule has 0 bridgehead atoms. The second-order valence-electron chi connectivity index (χ2n) is 8.13. The highest BCUT2D eigenvalue weighted by molar-refractivity contribution is 7.89. The van der Waals surface area contributed by atoms with Gasteiger partial charge in [-0.05, 0) is 80.3 Å². The van der Waals surface area contributed by atoms with Crippen molar-refractivity contribution < 1.29 is 18.3 Å². The second kappa shape index (κ2) is 8.71. The maximum absolute atomic E-state index is 12.8. The molecule has 33 heavy (non-hydrogen) atoms. The molecule has 0 aliphatic carbocycles. The third-order valence-corrected chi connectivity index (χ3v) is 7.59. The molecule has 170 valence electrons. The Labute approximate surface area is 193 Å². The Balaban J connectivity index is 1.53. The van der Waals surface area contributed by atoms with Crippen LogP contribution >= 0.6 is 0 Å². The zero-order valence-corrected chi connectivity index (χ0v) is 19.5. The molecule has 0 unspecified atom stereocenters. The molecule has 0 saturated carbocycles. The van der Waals surface area contributed by atoms with Gasteiger partial charge in [-0.15, -0.1) is 0 Å². The molecule has 0 aliphatic rings. The summed E-state index contributed by atoms with van der Waals surface area (Å²) >= 11 is 0. The molecular formula is C25H25N3O4S. The normalized spacial score (nSPS) is 11.6. The molecule has 1 aromatic heterocycles. The fourth-order valence-corrected chi connectivity index (χ4v) is 4.95. The molecule has 7 nitrogen and oxygen atoms in total. The van der Waals surface area contributed by atoms with E-state index in [-0.39, 0.29) is 17.9 Å². The van der Waals surface area contributed by atoms with E-state index in [1.54, 1.807) is 18.5 Å². The van der Waals surface area contributed by atoms with E-state index in [1.807, 2.05) is 35.8 Å². The molecular weight excluding hydrogens is 438 g/mol. The minimum Gasteiger partial charge on any atom is -0.464 e. The summed E-state index contributed by atoms with van der Waals surface area (Å²) in [5.41, 5.74) is 6.95. The van der Waals surface area contributed by atoms with Crippen molar-refractivity contribution in [2.75, 3.05) is 6.54 Å². The van der Waals surface area contributed by atoms with Crippen molar-refractivity contribution in [1.82, 2.24) is 13.9 Å². The second-order valence-corrected chi connectivity index (χ2v) is 9.99. The minimum atomic E-state index is -4.14. The van der Waals surface area contributed by atoms with Gasteiger partial charge in [0.15, 0.2) is 0 Å². The average molecular weight is 464 g/mol. The molecule has 0 aliphatic heterocycles. The Morgan fingerprint density at radius 2 is 1.61 bits per heavy atom. The van der Waals surface area contributed by atoms with E-state index in [0.717, 1.165) is 27.8 Å². The maximum Gasteiger partial charge on any atom is 0.421 e. The van der Waals surface area contributed by atoms with Crippen LogP contribution in [-0.4, -0.2) is 40.0 Å². The summed E-state index contributed by atoms with van der Waals surface area (Å²) in [6, 6.07) is 17.9. The molecule has 0 spiro atoms. The number of imidazole rings is 1. The van der Waals surface area contributed by atoms with Gasteiger partial charge in [0.1, 0.15) is 6.33 Å². The highest BCUT2D eigenvalue weighted by Gasteiger charge is 2.28. The van der Waals surface area contributed by atoms with E-state index < -0.39 is 16.1 Å². The third kappa shape index (κ3) is 4.47. The van der Waals surface area contributed by atoms with Crippen LogP contribution in [0.3, 0.4) is 0 Å². The van der Waals surface area contributed by atoms with Crippen molar-refractivity contribution in [3.63, 3.8) is 0 Å². The lowest BCUT2D eigenvalue weighted by molar-refractivity contribution is 0.172. The quantitative estimate of drug-likeness (QED) is 0.441. The minimum absolute atomic E-state index is 0.0386. The van der Waals surface area contributed by atoms with Crippen LogP contribution in [0.2, 0.25) is 0 Å². The predicted molar refractivity (Wildman–Crippen MR) is 127 cm³/mol. The van der Waals surface area contributed by atoms with Gasteiger partial charge < -0.3 is 5.11 Å². The average Bonchev–Trinajstić information content (AvgIpc) is 3.17. The van der Waals surface area contributed by atoms with Crippen LogP contribution in [0.1, 0.15) is 22.3 Å². The molecule has 4 aromatic rings. The zero-order valence-electron chi connectivity index (χ0n) is 18.7. The summed E-state index contributed by atoms with van der Waals surface area (Å²) < 4.78 is 28.2. The van der Waals surface area contributed by atoms with Crippen molar-refractivity contribution in [3.8, 4) is 5.69 Å². The molecule has 0 fully saturated rings. The van der Waals surface area contributed by atoms with Crippen molar-refractivity contribution in [1.29, 1.82) is 0 Å². The highest BCUT2D eigenvalue weighted by atomic mass is 32.2. The largest absolute Gasteiger partial charge is 0.464 e. The summed E-state index contributed by atoms with van der Waals surface area (Å²) in [6.45, 7) is 5.79. The SMILES string of the molecule is Cc1ccc(S(=O)(=O)N(CCc2ccc(-n3cnc4cc(C)c(C)cc43)cc2)C(=O)O)cc1. The predicted octanol–water partition coefficient (Wildman–Crippen LogP) is 4.86. The number of amides is 1. The fraction of sp³-hybridized carbons (Fsp3) is 0.200. The first-order valence-electron chi connectivity index (χ1n) is 10.5. The summed E-state index contributed by atoms with van der Waals surface area (Å²) in [6.07, 6.45) is 0.544. The molecule has 1 heterocycles. The molecule has 0 atom stereocenters. The van der Waals surface area contributed by atoms with Crippen molar-refractivity contribution in [2.45, 2.75) is 32.1 Å². The van der Waals surface area contributed by atoms with E-state index >= 15 is 0 Å². The van der Waals surface area contributed by atoms with Gasteiger partial charge in [0.2, 0.25) is 0 Å². The fourth-order valence-electron chi connectivity index (χ4n) is 3.68. The van der Waals surface area contributed by atoms with E-state index in [9.17, 15) is 18.3 Å². The van der Waals surface area contributed by atoms with Crippen molar-refractivity contribution in [2.24, 2.45) is 0 Å². The zero-order chi connectivity index (χ0) is 23.8. The Morgan fingerprint density at radius 1 is 0.970 bits per heavy atom. The number of hydrogen-bond acceptors (Lipinski definition) is 4. The molecule has 1 amide bonds. The van der Waals surface area contributed by atoms with Gasteiger partial charge in [0.25, 0.3) is 10.0 Å². The third-order valence-electron chi connectivity index (χ3n) is 5.80. The van der Waals surface area contributed by atoms with Crippen LogP contribution in [0, 0.1) is 20.8 Å². The topological polar surface area (TPSA) is 92.5 Å². The van der Waals surface area contributed by atoms with Crippen LogP contribution in [0.5, 0.6) is 0 Å². The number of rotatable bonds is 6. The number of nitrogens with zero attached hydrogens (tertiary/aromatic N) is 3. The molecule has 3 aromatic carbocycles. The van der Waals surface area contributed by atoms with Crippen LogP contribution in [0.25, 0.3) is 16.7 Å². The monoisotopic (exact) mass is 463 g/mol. The lowest BCUT2D eigenvalue weighted by Crippen LogP contribution is -2.37. The standard InChI is InChI=1S/C25H25N3O4S/c1-17-4-10-22(11-5-17)33(31,32)28(25(29)30)13-12-20-6-8-21(9-7-20)27-16-26-23-14-18(2)19(3)15-24(23)27/h4-11,14-16H,12-13H2,1-3H3,(H,29,30). The number of aromatic nitrogens is 2. The van der Waals surface area contributed by atoms with Crippen molar-refractivity contribution >= 4 is 27.1 Å². The van der Waals surface area contributed by atoms with E-state index in [0.29, 0.717) is 4.31 Å². The Morgan fingerprint density at radius 3 is 2.24 bits per heavy atom. The molecule has 8 heteroatoms. The van der Waals surface area contributed by atoms with Crippen LogP contribution < -0.4 is 0 Å². The first kappa shape index (κ1) is 22.5. The number of hydrogen-bond donors (Lipinski definition) is 1. The first-order chi connectivity index (χ1) is 15.7. The van der Waals surface area contributed by atoms with Crippen molar-refractivity contribution in [3.05, 3.63) is 89.2 Å². The Hall–Kier alpha value is -3.65. The smallest absolute Gasteiger partial charge is 0.421 e. The lowest BCUT2D eigenvalue weighted by atomic mass is 10.1. The summed E-state index contributed by atoms with van der Waals surface area (Å²) in [7, 11) is -4.14. The molecule has 4 rings (SSSR count). The van der Waals surface area contributed by atoms with E-state index in [4.69, 9.17) is 0 Å². The number of carboxylic acid groups (broad SMARTS) is 1. The van der Waals surface area contributed by atoms with Gasteiger partial charge in [-0.2, -0.15) is 0 Å². The molecule has 0 radical (unpaired) electrons.